The van der Waals surface area contributed by atoms with Gasteiger partial charge >= 0.3 is 0 Å². The summed E-state index contributed by atoms with van der Waals surface area (Å²) in [5, 5.41) is 4.17. The van der Waals surface area contributed by atoms with E-state index in [1.165, 1.54) is 38.8 Å². The topological polar surface area (TPSA) is 34.0 Å². The average Bonchev–Trinajstić information content (AvgIpc) is 2.87. The second kappa shape index (κ2) is 5.26. The molecule has 0 N–H and O–H groups in total. The van der Waals surface area contributed by atoms with Crippen LogP contribution in [-0.4, -0.2) is 38.8 Å². The molecule has 1 atom stereocenters. The Morgan fingerprint density at radius 2 is 2.40 bits per heavy atom. The fourth-order valence-corrected chi connectivity index (χ4v) is 2.30. The third kappa shape index (κ3) is 2.78. The Morgan fingerprint density at radius 3 is 3.13 bits per heavy atom. The van der Waals surface area contributed by atoms with Gasteiger partial charge in [0.25, 0.3) is 0 Å². The highest BCUT2D eigenvalue weighted by Crippen LogP contribution is 2.18. The maximum Gasteiger partial charge on any atom is 0.137 e. The van der Waals surface area contributed by atoms with Gasteiger partial charge in [-0.3, -0.25) is 9.58 Å². The van der Waals surface area contributed by atoms with Crippen LogP contribution in [0.15, 0.2) is 12.7 Å². The van der Waals surface area contributed by atoms with E-state index in [1.807, 2.05) is 11.0 Å². The first kappa shape index (κ1) is 10.6. The Labute approximate surface area is 91.3 Å². The van der Waals surface area contributed by atoms with E-state index in [2.05, 4.69) is 21.9 Å². The summed E-state index contributed by atoms with van der Waals surface area (Å²) in [6.07, 6.45) is 8.68. The molecule has 1 saturated heterocycles. The minimum Gasteiger partial charge on any atom is -0.299 e. The molecule has 0 saturated carbocycles. The van der Waals surface area contributed by atoms with Crippen LogP contribution in [0.4, 0.5) is 0 Å². The summed E-state index contributed by atoms with van der Waals surface area (Å²) in [6, 6.07) is 0.679. The standard InChI is InChI=1S/C11H20N4/c1-2-3-6-14-7-4-5-11(14)8-15-10-12-9-13-15/h9-11H,2-8H2,1H3. The van der Waals surface area contributed by atoms with Gasteiger partial charge in [-0.05, 0) is 32.4 Å². The second-order valence-electron chi connectivity index (χ2n) is 4.30. The molecule has 15 heavy (non-hydrogen) atoms. The van der Waals surface area contributed by atoms with E-state index in [-0.39, 0.29) is 0 Å². The second-order valence-corrected chi connectivity index (χ2v) is 4.30. The summed E-state index contributed by atoms with van der Waals surface area (Å²) in [5.41, 5.74) is 0. The molecule has 84 valence electrons. The lowest BCUT2D eigenvalue weighted by atomic mass is 10.2. The number of aromatic nitrogens is 3. The van der Waals surface area contributed by atoms with Crippen molar-refractivity contribution in [2.24, 2.45) is 0 Å². The van der Waals surface area contributed by atoms with Gasteiger partial charge in [0.2, 0.25) is 0 Å². The summed E-state index contributed by atoms with van der Waals surface area (Å²) in [4.78, 5) is 6.59. The first-order valence-electron chi connectivity index (χ1n) is 5.96. The molecular formula is C11H20N4. The molecule has 1 aromatic rings. The third-order valence-corrected chi connectivity index (χ3v) is 3.16. The molecule has 0 radical (unpaired) electrons. The van der Waals surface area contributed by atoms with E-state index in [9.17, 15) is 0 Å². The van der Waals surface area contributed by atoms with E-state index in [0.717, 1.165) is 6.54 Å². The predicted molar refractivity (Wildman–Crippen MR) is 59.5 cm³/mol. The normalized spacial score (nSPS) is 22.3. The van der Waals surface area contributed by atoms with Crippen LogP contribution < -0.4 is 0 Å². The van der Waals surface area contributed by atoms with Crippen LogP contribution in [-0.2, 0) is 6.54 Å². The van der Waals surface area contributed by atoms with E-state index >= 15 is 0 Å². The third-order valence-electron chi connectivity index (χ3n) is 3.16. The van der Waals surface area contributed by atoms with Crippen LogP contribution in [0.3, 0.4) is 0 Å². The van der Waals surface area contributed by atoms with Crippen molar-refractivity contribution in [2.75, 3.05) is 13.1 Å². The quantitative estimate of drug-likeness (QED) is 0.736. The van der Waals surface area contributed by atoms with Crippen LogP contribution in [0.25, 0.3) is 0 Å². The number of hydrogen-bond donors (Lipinski definition) is 0. The van der Waals surface area contributed by atoms with Gasteiger partial charge in [0.15, 0.2) is 0 Å². The highest BCUT2D eigenvalue weighted by atomic mass is 15.3. The van der Waals surface area contributed by atoms with Crippen molar-refractivity contribution in [2.45, 2.75) is 45.2 Å². The first-order chi connectivity index (χ1) is 7.40. The molecule has 4 nitrogen and oxygen atoms in total. The first-order valence-corrected chi connectivity index (χ1v) is 5.96. The summed E-state index contributed by atoms with van der Waals surface area (Å²) in [5.74, 6) is 0. The summed E-state index contributed by atoms with van der Waals surface area (Å²) >= 11 is 0. The van der Waals surface area contributed by atoms with Crippen LogP contribution in [0.5, 0.6) is 0 Å². The van der Waals surface area contributed by atoms with Gasteiger partial charge in [0.1, 0.15) is 12.7 Å². The molecule has 4 heteroatoms. The van der Waals surface area contributed by atoms with Gasteiger partial charge < -0.3 is 0 Å². The van der Waals surface area contributed by atoms with E-state index < -0.39 is 0 Å². The van der Waals surface area contributed by atoms with Crippen molar-refractivity contribution < 1.29 is 0 Å². The molecule has 0 bridgehead atoms. The number of likely N-dealkylation sites (tertiary alicyclic amines) is 1. The Kier molecular flexibility index (Phi) is 3.72. The van der Waals surface area contributed by atoms with Crippen LogP contribution >= 0.6 is 0 Å². The fourth-order valence-electron chi connectivity index (χ4n) is 2.30. The maximum absolute atomic E-state index is 4.17. The minimum atomic E-state index is 0.679. The molecule has 1 unspecified atom stereocenters. The lowest BCUT2D eigenvalue weighted by Gasteiger charge is -2.23. The highest BCUT2D eigenvalue weighted by Gasteiger charge is 2.23. The average molecular weight is 208 g/mol. The van der Waals surface area contributed by atoms with Gasteiger partial charge in [-0.15, -0.1) is 0 Å². The molecule has 0 aromatic carbocycles. The number of unbranched alkanes of at least 4 members (excludes halogenated alkanes) is 1. The molecule has 0 spiro atoms. The number of hydrogen-bond acceptors (Lipinski definition) is 3. The lowest BCUT2D eigenvalue weighted by Crippen LogP contribution is -2.33. The van der Waals surface area contributed by atoms with Crippen molar-refractivity contribution in [1.82, 2.24) is 19.7 Å². The van der Waals surface area contributed by atoms with Gasteiger partial charge in [-0.2, -0.15) is 5.10 Å². The van der Waals surface area contributed by atoms with Crippen molar-refractivity contribution in [1.29, 1.82) is 0 Å². The van der Waals surface area contributed by atoms with Crippen molar-refractivity contribution in [3.63, 3.8) is 0 Å². The predicted octanol–water partition coefficient (Wildman–Crippen LogP) is 1.54. The molecule has 0 aliphatic carbocycles. The molecule has 1 aromatic heterocycles. The monoisotopic (exact) mass is 208 g/mol. The van der Waals surface area contributed by atoms with Gasteiger partial charge in [-0.1, -0.05) is 13.3 Å². The summed E-state index contributed by atoms with van der Waals surface area (Å²) in [7, 11) is 0. The molecular weight excluding hydrogens is 188 g/mol. The largest absolute Gasteiger partial charge is 0.299 e. The smallest absolute Gasteiger partial charge is 0.137 e. The molecule has 1 fully saturated rings. The zero-order valence-corrected chi connectivity index (χ0v) is 9.47. The van der Waals surface area contributed by atoms with Gasteiger partial charge in [0.05, 0.1) is 6.54 Å². The molecule has 2 rings (SSSR count). The van der Waals surface area contributed by atoms with Crippen LogP contribution in [0.1, 0.15) is 32.6 Å². The van der Waals surface area contributed by atoms with Gasteiger partial charge in [0, 0.05) is 6.04 Å². The van der Waals surface area contributed by atoms with Crippen LogP contribution in [0, 0.1) is 0 Å². The fraction of sp³-hybridized carbons (Fsp3) is 0.818. The molecule has 0 amide bonds. The van der Waals surface area contributed by atoms with Crippen molar-refractivity contribution in [3.8, 4) is 0 Å². The maximum atomic E-state index is 4.17. The molecule has 1 aliphatic heterocycles. The van der Waals surface area contributed by atoms with Gasteiger partial charge in [-0.25, -0.2) is 4.98 Å². The lowest BCUT2D eigenvalue weighted by molar-refractivity contribution is 0.224. The Hall–Kier alpha value is -0.900. The zero-order valence-electron chi connectivity index (χ0n) is 9.47. The van der Waals surface area contributed by atoms with E-state index in [1.54, 1.807) is 6.33 Å². The summed E-state index contributed by atoms with van der Waals surface area (Å²) in [6.45, 7) is 5.77. The van der Waals surface area contributed by atoms with E-state index in [0.29, 0.717) is 6.04 Å². The zero-order chi connectivity index (χ0) is 10.5. The van der Waals surface area contributed by atoms with Crippen molar-refractivity contribution >= 4 is 0 Å². The Balaban J connectivity index is 1.85. The Bertz CT molecular complexity index is 270. The number of nitrogens with zero attached hydrogens (tertiary/aromatic N) is 4. The molecule has 2 heterocycles. The summed E-state index contributed by atoms with van der Waals surface area (Å²) < 4.78 is 1.95. The molecule has 1 aliphatic rings. The SMILES string of the molecule is CCCCN1CCCC1Cn1cncn1. The highest BCUT2D eigenvalue weighted by molar-refractivity contribution is 4.79. The van der Waals surface area contributed by atoms with E-state index in [4.69, 9.17) is 0 Å². The minimum absolute atomic E-state index is 0.679. The number of rotatable bonds is 5. The van der Waals surface area contributed by atoms with Crippen LogP contribution in [0.2, 0.25) is 0 Å². The Morgan fingerprint density at radius 1 is 1.47 bits per heavy atom. The van der Waals surface area contributed by atoms with Crippen molar-refractivity contribution in [3.05, 3.63) is 12.7 Å².